The second kappa shape index (κ2) is 5.25. The molecule has 0 bridgehead atoms. The molecular weight excluding hydrogens is 256 g/mol. The van der Waals surface area contributed by atoms with Crippen molar-refractivity contribution >= 4 is 0 Å². The quantitative estimate of drug-likeness (QED) is 0.663. The smallest absolute Gasteiger partial charge is 0.0596 e. The largest absolute Gasteiger partial charge is 0.393 e. The Labute approximate surface area is 130 Å². The lowest BCUT2D eigenvalue weighted by molar-refractivity contribution is -0.136. The standard InChI is InChI=1S/C20H34O/c1-13-6-8-15-14(12-13)7-9-17-16(15)10-11-20(2)18(17)4-3-5-19(20)21/h13-19,21H,3-12H2,1-2H3/t13-,14-,15+,16-,17-,18+,19+,20+/m1/s1. The van der Waals surface area contributed by atoms with Crippen LogP contribution in [0.25, 0.3) is 0 Å². The first-order chi connectivity index (χ1) is 10.1. The van der Waals surface area contributed by atoms with Gasteiger partial charge in [0.25, 0.3) is 0 Å². The van der Waals surface area contributed by atoms with E-state index >= 15 is 0 Å². The summed E-state index contributed by atoms with van der Waals surface area (Å²) in [6, 6.07) is 0. The van der Waals surface area contributed by atoms with E-state index in [4.69, 9.17) is 0 Å². The van der Waals surface area contributed by atoms with Crippen molar-refractivity contribution in [1.29, 1.82) is 0 Å². The van der Waals surface area contributed by atoms with Crippen LogP contribution in [-0.2, 0) is 0 Å². The summed E-state index contributed by atoms with van der Waals surface area (Å²) in [5.41, 5.74) is 0.258. The van der Waals surface area contributed by atoms with E-state index in [2.05, 4.69) is 13.8 Å². The minimum Gasteiger partial charge on any atom is -0.393 e. The number of fused-ring (bicyclic) bond motifs is 5. The number of hydrogen-bond donors (Lipinski definition) is 1. The minimum atomic E-state index is -0.0127. The molecular formula is C20H34O. The number of aliphatic hydroxyl groups is 1. The van der Waals surface area contributed by atoms with Crippen molar-refractivity contribution in [3.63, 3.8) is 0 Å². The summed E-state index contributed by atoms with van der Waals surface area (Å²) in [4.78, 5) is 0. The van der Waals surface area contributed by atoms with Gasteiger partial charge in [0.05, 0.1) is 6.10 Å². The van der Waals surface area contributed by atoms with E-state index < -0.39 is 0 Å². The van der Waals surface area contributed by atoms with Gasteiger partial charge in [-0.3, -0.25) is 0 Å². The van der Waals surface area contributed by atoms with Crippen molar-refractivity contribution in [2.24, 2.45) is 40.9 Å². The van der Waals surface area contributed by atoms with Crippen molar-refractivity contribution in [3.8, 4) is 0 Å². The van der Waals surface area contributed by atoms with Gasteiger partial charge in [-0.2, -0.15) is 0 Å². The normalized spacial score (nSPS) is 57.0. The second-order valence-electron chi connectivity index (χ2n) is 9.34. The second-order valence-corrected chi connectivity index (χ2v) is 9.34. The van der Waals surface area contributed by atoms with E-state index in [1.807, 2.05) is 0 Å². The van der Waals surface area contributed by atoms with Crippen LogP contribution >= 0.6 is 0 Å². The SMILES string of the molecule is C[C@@H]1CC[C@H]2[C@H](CC[C@@H]3[C@@H]2CC[C@]2(C)[C@@H](O)CCC[C@@H]32)C1. The highest BCUT2D eigenvalue weighted by Gasteiger charge is 2.54. The van der Waals surface area contributed by atoms with Gasteiger partial charge in [0, 0.05) is 0 Å². The van der Waals surface area contributed by atoms with Crippen LogP contribution in [0.15, 0.2) is 0 Å². The Balaban J connectivity index is 1.57. The third kappa shape index (κ3) is 2.21. The van der Waals surface area contributed by atoms with Crippen LogP contribution in [0, 0.1) is 40.9 Å². The van der Waals surface area contributed by atoms with Crippen LogP contribution in [0.2, 0.25) is 0 Å². The van der Waals surface area contributed by atoms with E-state index in [-0.39, 0.29) is 11.5 Å². The van der Waals surface area contributed by atoms with Crippen molar-refractivity contribution in [2.75, 3.05) is 0 Å². The van der Waals surface area contributed by atoms with Crippen molar-refractivity contribution < 1.29 is 5.11 Å². The molecule has 0 aromatic heterocycles. The topological polar surface area (TPSA) is 20.2 Å². The fourth-order valence-corrected chi connectivity index (χ4v) is 7.25. The lowest BCUT2D eigenvalue weighted by Crippen LogP contribution is -2.54. The predicted molar refractivity (Wildman–Crippen MR) is 86.9 cm³/mol. The molecule has 8 atom stereocenters. The summed E-state index contributed by atoms with van der Waals surface area (Å²) in [5, 5.41) is 10.6. The van der Waals surface area contributed by atoms with Gasteiger partial charge < -0.3 is 5.11 Å². The molecule has 0 aromatic rings. The molecule has 0 aromatic carbocycles. The zero-order chi connectivity index (χ0) is 14.6. The Hall–Kier alpha value is -0.0400. The first-order valence-electron chi connectivity index (χ1n) is 9.77. The zero-order valence-electron chi connectivity index (χ0n) is 14.1. The van der Waals surface area contributed by atoms with Crippen LogP contribution in [0.3, 0.4) is 0 Å². The summed E-state index contributed by atoms with van der Waals surface area (Å²) < 4.78 is 0. The number of rotatable bonds is 0. The first kappa shape index (κ1) is 14.5. The molecule has 4 aliphatic carbocycles. The Morgan fingerprint density at radius 2 is 1.67 bits per heavy atom. The average Bonchev–Trinajstić information content (AvgIpc) is 2.48. The van der Waals surface area contributed by atoms with Gasteiger partial charge in [0.1, 0.15) is 0 Å². The molecule has 4 aliphatic rings. The molecule has 4 fully saturated rings. The third-order valence-corrected chi connectivity index (χ3v) is 8.41. The zero-order valence-corrected chi connectivity index (χ0v) is 14.1. The fraction of sp³-hybridized carbons (Fsp3) is 1.00. The summed E-state index contributed by atoms with van der Waals surface area (Å²) in [6.07, 6.45) is 13.9. The fourth-order valence-electron chi connectivity index (χ4n) is 7.25. The molecule has 0 unspecified atom stereocenters. The van der Waals surface area contributed by atoms with Gasteiger partial charge in [-0.1, -0.05) is 26.7 Å². The van der Waals surface area contributed by atoms with E-state index in [1.54, 1.807) is 0 Å². The van der Waals surface area contributed by atoms with Crippen LogP contribution < -0.4 is 0 Å². The molecule has 0 amide bonds. The number of aliphatic hydroxyl groups excluding tert-OH is 1. The number of hydrogen-bond acceptors (Lipinski definition) is 1. The van der Waals surface area contributed by atoms with Gasteiger partial charge in [-0.25, -0.2) is 0 Å². The molecule has 0 radical (unpaired) electrons. The summed E-state index contributed by atoms with van der Waals surface area (Å²) in [5.74, 6) is 5.87. The van der Waals surface area contributed by atoms with Gasteiger partial charge in [0.2, 0.25) is 0 Å². The molecule has 0 aliphatic heterocycles. The highest BCUT2D eigenvalue weighted by Crippen LogP contribution is 2.61. The van der Waals surface area contributed by atoms with Gasteiger partial charge in [-0.05, 0) is 92.3 Å². The molecule has 21 heavy (non-hydrogen) atoms. The lowest BCUT2D eigenvalue weighted by Gasteiger charge is -2.59. The molecule has 4 rings (SSSR count). The van der Waals surface area contributed by atoms with E-state index in [9.17, 15) is 5.11 Å². The van der Waals surface area contributed by atoms with Gasteiger partial charge in [0.15, 0.2) is 0 Å². The Kier molecular flexibility index (Phi) is 3.64. The van der Waals surface area contributed by atoms with E-state index in [0.717, 1.165) is 41.9 Å². The van der Waals surface area contributed by atoms with Crippen LogP contribution in [0.1, 0.15) is 78.1 Å². The monoisotopic (exact) mass is 290 g/mol. The molecule has 1 heteroatoms. The molecule has 1 N–H and O–H groups in total. The molecule has 4 saturated carbocycles. The summed E-state index contributed by atoms with van der Waals surface area (Å²) in [7, 11) is 0. The van der Waals surface area contributed by atoms with Crippen LogP contribution in [0.5, 0.6) is 0 Å². The molecule has 0 saturated heterocycles. The van der Waals surface area contributed by atoms with E-state index in [0.29, 0.717) is 0 Å². The molecule has 120 valence electrons. The van der Waals surface area contributed by atoms with Crippen molar-refractivity contribution in [1.82, 2.24) is 0 Å². The first-order valence-corrected chi connectivity index (χ1v) is 9.77. The van der Waals surface area contributed by atoms with Crippen molar-refractivity contribution in [2.45, 2.75) is 84.2 Å². The molecule has 0 spiro atoms. The van der Waals surface area contributed by atoms with Crippen molar-refractivity contribution in [3.05, 3.63) is 0 Å². The van der Waals surface area contributed by atoms with Gasteiger partial charge in [-0.15, -0.1) is 0 Å². The maximum absolute atomic E-state index is 10.6. The molecule has 0 heterocycles. The summed E-state index contributed by atoms with van der Waals surface area (Å²) >= 11 is 0. The Bertz CT molecular complexity index is 391. The summed E-state index contributed by atoms with van der Waals surface area (Å²) in [6.45, 7) is 4.89. The predicted octanol–water partition coefficient (Wildman–Crippen LogP) is 5.03. The maximum atomic E-state index is 10.6. The van der Waals surface area contributed by atoms with Crippen LogP contribution in [-0.4, -0.2) is 11.2 Å². The average molecular weight is 290 g/mol. The third-order valence-electron chi connectivity index (χ3n) is 8.41. The molecule has 1 nitrogen and oxygen atoms in total. The Morgan fingerprint density at radius 1 is 0.857 bits per heavy atom. The van der Waals surface area contributed by atoms with Crippen LogP contribution in [0.4, 0.5) is 0 Å². The highest BCUT2D eigenvalue weighted by molar-refractivity contribution is 5.04. The lowest BCUT2D eigenvalue weighted by atomic mass is 9.46. The maximum Gasteiger partial charge on any atom is 0.0596 e. The van der Waals surface area contributed by atoms with E-state index in [1.165, 1.54) is 57.8 Å². The minimum absolute atomic E-state index is 0.0127. The Morgan fingerprint density at radius 3 is 2.52 bits per heavy atom. The van der Waals surface area contributed by atoms with Gasteiger partial charge >= 0.3 is 0 Å². The highest BCUT2D eigenvalue weighted by atomic mass is 16.3.